The van der Waals surface area contributed by atoms with Crippen molar-refractivity contribution in [2.45, 2.75) is 27.2 Å². The first-order chi connectivity index (χ1) is 11.5. The molecule has 1 fully saturated rings. The largest absolute Gasteiger partial charge is 0.426 e. The number of nitrogens with zero attached hydrogens (tertiary/aromatic N) is 1. The van der Waals surface area contributed by atoms with Crippen LogP contribution in [0.3, 0.4) is 0 Å². The average molecular weight is 323 g/mol. The summed E-state index contributed by atoms with van der Waals surface area (Å²) in [6.07, 6.45) is 0.192. The summed E-state index contributed by atoms with van der Waals surface area (Å²) in [6.45, 7) is 6.19. The minimum atomic E-state index is -0.433. The number of carbonyl (C=O) groups is 2. The van der Waals surface area contributed by atoms with Gasteiger partial charge in [-0.15, -0.1) is 0 Å². The Balaban J connectivity index is 1.73. The zero-order chi connectivity index (χ0) is 17.3. The maximum atomic E-state index is 12.5. The number of ether oxygens (including phenoxy) is 1. The van der Waals surface area contributed by atoms with Crippen LogP contribution < -0.4 is 9.64 Å². The Morgan fingerprint density at radius 3 is 2.29 bits per heavy atom. The van der Waals surface area contributed by atoms with Crippen LogP contribution in [0.2, 0.25) is 0 Å². The molecular weight excluding hydrogens is 302 g/mol. The first-order valence-electron chi connectivity index (χ1n) is 8.10. The van der Waals surface area contributed by atoms with E-state index < -0.39 is 5.92 Å². The normalized spacial score (nSPS) is 17.2. The summed E-state index contributed by atoms with van der Waals surface area (Å²) < 4.78 is 5.59. The number of hydrogen-bond acceptors (Lipinski definition) is 3. The highest BCUT2D eigenvalue weighted by atomic mass is 16.5. The van der Waals surface area contributed by atoms with Crippen molar-refractivity contribution < 1.29 is 14.3 Å². The second kappa shape index (κ2) is 6.48. The van der Waals surface area contributed by atoms with Gasteiger partial charge < -0.3 is 9.64 Å². The van der Waals surface area contributed by atoms with Crippen LogP contribution >= 0.6 is 0 Å². The average Bonchev–Trinajstić information content (AvgIpc) is 2.94. The van der Waals surface area contributed by atoms with Crippen LogP contribution in [0.4, 0.5) is 5.69 Å². The number of carbonyl (C=O) groups excluding carboxylic acids is 2. The minimum absolute atomic E-state index is 0.0395. The highest BCUT2D eigenvalue weighted by molar-refractivity contribution is 5.99. The van der Waals surface area contributed by atoms with Gasteiger partial charge in [0, 0.05) is 18.7 Å². The summed E-state index contributed by atoms with van der Waals surface area (Å²) in [5, 5.41) is 0. The molecule has 0 aliphatic carbocycles. The fraction of sp³-hybridized carbons (Fsp3) is 0.300. The molecule has 1 heterocycles. The van der Waals surface area contributed by atoms with Gasteiger partial charge in [-0.25, -0.2) is 0 Å². The molecule has 0 radical (unpaired) electrons. The van der Waals surface area contributed by atoms with Crippen LogP contribution in [-0.2, 0) is 9.59 Å². The fourth-order valence-electron chi connectivity index (χ4n) is 2.98. The Kier molecular flexibility index (Phi) is 4.38. The lowest BCUT2D eigenvalue weighted by Crippen LogP contribution is -2.27. The molecule has 0 aromatic heterocycles. The molecule has 1 saturated heterocycles. The third-order valence-electron chi connectivity index (χ3n) is 4.42. The zero-order valence-corrected chi connectivity index (χ0v) is 14.2. The van der Waals surface area contributed by atoms with E-state index >= 15 is 0 Å². The molecular formula is C20H21NO3. The number of aryl methyl sites for hydroxylation is 3. The predicted molar refractivity (Wildman–Crippen MR) is 93.2 cm³/mol. The molecule has 1 aliphatic heterocycles. The van der Waals surface area contributed by atoms with Gasteiger partial charge >= 0.3 is 5.97 Å². The van der Waals surface area contributed by atoms with Crippen molar-refractivity contribution in [1.29, 1.82) is 0 Å². The second-order valence-corrected chi connectivity index (χ2v) is 6.38. The van der Waals surface area contributed by atoms with E-state index in [1.54, 1.807) is 4.90 Å². The van der Waals surface area contributed by atoms with Crippen LogP contribution in [-0.4, -0.2) is 18.4 Å². The van der Waals surface area contributed by atoms with Gasteiger partial charge in [0.2, 0.25) is 5.91 Å². The lowest BCUT2D eigenvalue weighted by molar-refractivity contribution is -0.139. The Morgan fingerprint density at radius 2 is 1.67 bits per heavy atom. The van der Waals surface area contributed by atoms with Gasteiger partial charge in [-0.2, -0.15) is 0 Å². The van der Waals surface area contributed by atoms with Gasteiger partial charge in [0.05, 0.1) is 5.92 Å². The Labute approximate surface area is 142 Å². The van der Waals surface area contributed by atoms with Crippen molar-refractivity contribution in [2.75, 3.05) is 11.4 Å². The van der Waals surface area contributed by atoms with Crippen LogP contribution in [0, 0.1) is 26.7 Å². The lowest BCUT2D eigenvalue weighted by atomic mass is 10.1. The van der Waals surface area contributed by atoms with E-state index in [-0.39, 0.29) is 18.3 Å². The van der Waals surface area contributed by atoms with Gasteiger partial charge in [0.15, 0.2) is 0 Å². The van der Waals surface area contributed by atoms with Crippen molar-refractivity contribution in [3.05, 3.63) is 59.2 Å². The molecule has 0 N–H and O–H groups in total. The first-order valence-corrected chi connectivity index (χ1v) is 8.10. The Morgan fingerprint density at radius 1 is 1.04 bits per heavy atom. The molecule has 24 heavy (non-hydrogen) atoms. The predicted octanol–water partition coefficient (Wildman–Crippen LogP) is 3.57. The van der Waals surface area contributed by atoms with Gasteiger partial charge in [-0.3, -0.25) is 9.59 Å². The van der Waals surface area contributed by atoms with E-state index in [9.17, 15) is 9.59 Å². The van der Waals surface area contributed by atoms with Crippen LogP contribution in [0.15, 0.2) is 42.5 Å². The van der Waals surface area contributed by atoms with Crippen LogP contribution in [0.25, 0.3) is 0 Å². The summed E-state index contributed by atoms with van der Waals surface area (Å²) in [4.78, 5) is 26.4. The van der Waals surface area contributed by atoms with E-state index in [0.29, 0.717) is 12.3 Å². The molecule has 2 aromatic rings. The second-order valence-electron chi connectivity index (χ2n) is 6.38. The van der Waals surface area contributed by atoms with Crippen molar-refractivity contribution in [2.24, 2.45) is 5.92 Å². The smallest absolute Gasteiger partial charge is 0.316 e. The molecule has 0 saturated carbocycles. The first kappa shape index (κ1) is 16.2. The number of para-hydroxylation sites is 1. The maximum absolute atomic E-state index is 12.5. The van der Waals surface area contributed by atoms with E-state index in [2.05, 4.69) is 0 Å². The lowest BCUT2D eigenvalue weighted by Gasteiger charge is -2.17. The van der Waals surface area contributed by atoms with Crippen LogP contribution in [0.5, 0.6) is 5.75 Å². The van der Waals surface area contributed by atoms with E-state index in [4.69, 9.17) is 4.74 Å². The molecule has 3 rings (SSSR count). The molecule has 1 atom stereocenters. The van der Waals surface area contributed by atoms with E-state index in [1.807, 2.05) is 63.2 Å². The summed E-state index contributed by atoms with van der Waals surface area (Å²) in [5.74, 6) is -0.209. The van der Waals surface area contributed by atoms with Crippen molar-refractivity contribution in [1.82, 2.24) is 0 Å². The SMILES string of the molecule is Cc1ccc(N2C[C@H](C(=O)Oc3c(C)cccc3C)CC2=O)cc1. The molecule has 0 bridgehead atoms. The third kappa shape index (κ3) is 3.18. The van der Waals surface area contributed by atoms with Crippen molar-refractivity contribution in [3.63, 3.8) is 0 Å². The summed E-state index contributed by atoms with van der Waals surface area (Å²) in [5.41, 5.74) is 3.80. The van der Waals surface area contributed by atoms with E-state index in [0.717, 1.165) is 22.4 Å². The highest BCUT2D eigenvalue weighted by Crippen LogP contribution is 2.28. The molecule has 0 unspecified atom stereocenters. The van der Waals surface area contributed by atoms with Gasteiger partial charge in [-0.1, -0.05) is 35.9 Å². The number of rotatable bonds is 3. The molecule has 1 amide bonds. The highest BCUT2D eigenvalue weighted by Gasteiger charge is 2.36. The number of benzene rings is 2. The number of hydrogen-bond donors (Lipinski definition) is 0. The summed E-state index contributed by atoms with van der Waals surface area (Å²) in [6, 6.07) is 13.5. The topological polar surface area (TPSA) is 46.6 Å². The quantitative estimate of drug-likeness (QED) is 0.641. The Hall–Kier alpha value is -2.62. The standard InChI is InChI=1S/C20H21NO3/c1-13-7-9-17(10-8-13)21-12-16(11-18(21)22)20(23)24-19-14(2)5-4-6-15(19)3/h4-10,16H,11-12H2,1-3H3/t16-/m1/s1. The number of esters is 1. The van der Waals surface area contributed by atoms with Crippen LogP contribution in [0.1, 0.15) is 23.1 Å². The summed E-state index contributed by atoms with van der Waals surface area (Å²) >= 11 is 0. The molecule has 4 nitrogen and oxygen atoms in total. The molecule has 4 heteroatoms. The van der Waals surface area contributed by atoms with E-state index in [1.165, 1.54) is 0 Å². The molecule has 2 aromatic carbocycles. The molecule has 124 valence electrons. The Bertz CT molecular complexity index is 760. The van der Waals surface area contributed by atoms with Crippen molar-refractivity contribution >= 4 is 17.6 Å². The monoisotopic (exact) mass is 323 g/mol. The number of amides is 1. The van der Waals surface area contributed by atoms with Gasteiger partial charge in [0.25, 0.3) is 0 Å². The van der Waals surface area contributed by atoms with Crippen molar-refractivity contribution in [3.8, 4) is 5.75 Å². The number of anilines is 1. The van der Waals surface area contributed by atoms with Gasteiger partial charge in [0.1, 0.15) is 5.75 Å². The third-order valence-corrected chi connectivity index (χ3v) is 4.42. The molecule has 0 spiro atoms. The summed E-state index contributed by atoms with van der Waals surface area (Å²) in [7, 11) is 0. The molecule has 1 aliphatic rings. The maximum Gasteiger partial charge on any atom is 0.316 e. The fourth-order valence-corrected chi connectivity index (χ4v) is 2.98. The van der Waals surface area contributed by atoms with Gasteiger partial charge in [-0.05, 0) is 44.0 Å². The zero-order valence-electron chi connectivity index (χ0n) is 14.2. The minimum Gasteiger partial charge on any atom is -0.426 e.